The van der Waals surface area contributed by atoms with Gasteiger partial charge in [-0.2, -0.15) is 0 Å². The molecule has 4 nitrogen and oxygen atoms in total. The van der Waals surface area contributed by atoms with Crippen LogP contribution in [0.3, 0.4) is 0 Å². The van der Waals surface area contributed by atoms with E-state index < -0.39 is 11.7 Å². The zero-order valence-corrected chi connectivity index (χ0v) is 14.0. The highest BCUT2D eigenvalue weighted by molar-refractivity contribution is 7.20. The van der Waals surface area contributed by atoms with E-state index in [1.165, 1.54) is 34.4 Å². The van der Waals surface area contributed by atoms with E-state index in [0.717, 1.165) is 10.2 Å². The first kappa shape index (κ1) is 15.4. The molecule has 1 fully saturated rings. The Morgan fingerprint density at radius 2 is 2.04 bits per heavy atom. The minimum absolute atomic E-state index is 0.0856. The Morgan fingerprint density at radius 1 is 1.25 bits per heavy atom. The zero-order valence-electron chi connectivity index (χ0n) is 12.4. The molecular weight excluding hydrogens is 351 g/mol. The third kappa shape index (κ3) is 2.72. The summed E-state index contributed by atoms with van der Waals surface area (Å²) in [7, 11) is 0. The van der Waals surface area contributed by atoms with Crippen molar-refractivity contribution >= 4 is 39.1 Å². The summed E-state index contributed by atoms with van der Waals surface area (Å²) >= 11 is 7.40. The van der Waals surface area contributed by atoms with Crippen LogP contribution in [0.1, 0.15) is 10.4 Å². The molecule has 0 radical (unpaired) electrons. The Balaban J connectivity index is 1.42. The molecule has 2 heterocycles. The molecule has 0 aliphatic carbocycles. The number of rotatable bonds is 3. The van der Waals surface area contributed by atoms with Crippen molar-refractivity contribution in [3.05, 3.63) is 58.9 Å². The predicted molar refractivity (Wildman–Crippen MR) is 91.3 cm³/mol. The lowest BCUT2D eigenvalue weighted by Gasteiger charge is -2.38. The molecule has 1 aliphatic rings. The van der Waals surface area contributed by atoms with Gasteiger partial charge in [0, 0.05) is 0 Å². The first-order chi connectivity index (χ1) is 11.6. The third-order valence-corrected chi connectivity index (χ3v) is 5.10. The second-order valence-corrected chi connectivity index (χ2v) is 6.89. The number of amides is 1. The van der Waals surface area contributed by atoms with Gasteiger partial charge in [-0.25, -0.2) is 9.37 Å². The van der Waals surface area contributed by atoms with Crippen LogP contribution in [-0.2, 0) is 0 Å². The van der Waals surface area contributed by atoms with Gasteiger partial charge in [-0.3, -0.25) is 4.79 Å². The van der Waals surface area contributed by atoms with E-state index in [9.17, 15) is 9.18 Å². The van der Waals surface area contributed by atoms with E-state index in [4.69, 9.17) is 16.3 Å². The molecule has 24 heavy (non-hydrogen) atoms. The topological polar surface area (TPSA) is 42.4 Å². The molecule has 122 valence electrons. The fourth-order valence-corrected chi connectivity index (χ4v) is 3.71. The highest BCUT2D eigenvalue weighted by Gasteiger charge is 2.35. The van der Waals surface area contributed by atoms with Gasteiger partial charge in [0.2, 0.25) is 0 Å². The maximum absolute atomic E-state index is 13.8. The van der Waals surface area contributed by atoms with Crippen molar-refractivity contribution in [2.75, 3.05) is 13.1 Å². The smallest absolute Gasteiger partial charge is 0.274 e. The normalized spacial score (nSPS) is 14.7. The molecule has 4 rings (SSSR count). The van der Waals surface area contributed by atoms with E-state index in [2.05, 4.69) is 4.98 Å². The van der Waals surface area contributed by atoms with Gasteiger partial charge in [0.1, 0.15) is 11.9 Å². The van der Waals surface area contributed by atoms with Crippen LogP contribution in [0.2, 0.25) is 5.02 Å². The molecule has 3 aromatic rings. The molecule has 0 unspecified atom stereocenters. The maximum Gasteiger partial charge on any atom is 0.274 e. The molecule has 0 N–H and O–H groups in total. The Labute approximate surface area is 146 Å². The number of halogens is 2. The number of likely N-dealkylation sites (tertiary alicyclic amines) is 1. The number of fused-ring (bicyclic) bond motifs is 1. The van der Waals surface area contributed by atoms with E-state index >= 15 is 0 Å². The second-order valence-electron chi connectivity index (χ2n) is 5.49. The summed E-state index contributed by atoms with van der Waals surface area (Å²) in [5, 5.41) is 0.702. The molecule has 7 heteroatoms. The summed E-state index contributed by atoms with van der Waals surface area (Å²) in [6.07, 6.45) is -0.139. The standard InChI is InChI=1S/C17H12ClFN2O2S/c18-11-4-3-5-12(19)15(11)16(22)21-8-10(9-21)23-17-20-13-6-1-2-7-14(13)24-17/h1-7,10H,8-9H2. The fraction of sp³-hybridized carbons (Fsp3) is 0.176. The number of nitrogens with zero attached hydrogens (tertiary/aromatic N) is 2. The van der Waals surface area contributed by atoms with Crippen molar-refractivity contribution in [1.82, 2.24) is 9.88 Å². The monoisotopic (exact) mass is 362 g/mol. The number of hydrogen-bond donors (Lipinski definition) is 0. The molecule has 0 atom stereocenters. The third-order valence-electron chi connectivity index (χ3n) is 3.85. The maximum atomic E-state index is 13.8. The van der Waals surface area contributed by atoms with Gasteiger partial charge in [0.05, 0.1) is 33.9 Å². The number of carbonyl (C=O) groups excluding carboxylic acids is 1. The van der Waals surface area contributed by atoms with Crippen LogP contribution in [0.5, 0.6) is 5.19 Å². The van der Waals surface area contributed by atoms with Crippen molar-refractivity contribution in [1.29, 1.82) is 0 Å². The molecule has 1 aromatic heterocycles. The largest absolute Gasteiger partial charge is 0.463 e. The molecular formula is C17H12ClFN2O2S. The van der Waals surface area contributed by atoms with Crippen LogP contribution >= 0.6 is 22.9 Å². The summed E-state index contributed by atoms with van der Waals surface area (Å²) in [6, 6.07) is 12.0. The van der Waals surface area contributed by atoms with E-state index in [0.29, 0.717) is 18.3 Å². The average Bonchev–Trinajstić information content (AvgIpc) is 2.92. The van der Waals surface area contributed by atoms with Crippen LogP contribution in [0.15, 0.2) is 42.5 Å². The Kier molecular flexibility index (Phi) is 3.86. The van der Waals surface area contributed by atoms with Gasteiger partial charge in [-0.1, -0.05) is 41.1 Å². The molecule has 1 amide bonds. The van der Waals surface area contributed by atoms with Crippen molar-refractivity contribution in [3.63, 3.8) is 0 Å². The summed E-state index contributed by atoms with van der Waals surface area (Å²) in [6.45, 7) is 0.777. The Morgan fingerprint density at radius 3 is 2.79 bits per heavy atom. The first-order valence-electron chi connectivity index (χ1n) is 7.37. The first-order valence-corrected chi connectivity index (χ1v) is 8.57. The molecule has 1 saturated heterocycles. The summed E-state index contributed by atoms with van der Waals surface area (Å²) in [4.78, 5) is 18.3. The van der Waals surface area contributed by atoms with Gasteiger partial charge < -0.3 is 9.64 Å². The van der Waals surface area contributed by atoms with Crippen LogP contribution in [0.4, 0.5) is 4.39 Å². The summed E-state index contributed by atoms with van der Waals surface area (Å²) in [5.41, 5.74) is 0.806. The van der Waals surface area contributed by atoms with Gasteiger partial charge >= 0.3 is 0 Å². The lowest BCUT2D eigenvalue weighted by atomic mass is 10.1. The minimum Gasteiger partial charge on any atom is -0.463 e. The number of para-hydroxylation sites is 1. The molecule has 0 saturated carbocycles. The van der Waals surface area contributed by atoms with E-state index in [1.807, 2.05) is 24.3 Å². The molecule has 0 spiro atoms. The Hall–Kier alpha value is -2.18. The van der Waals surface area contributed by atoms with Crippen molar-refractivity contribution in [2.45, 2.75) is 6.10 Å². The summed E-state index contributed by atoms with van der Waals surface area (Å²) in [5.74, 6) is -1.02. The number of thiazole rings is 1. The minimum atomic E-state index is -0.608. The van der Waals surface area contributed by atoms with Gasteiger partial charge in [0.25, 0.3) is 11.1 Å². The lowest BCUT2D eigenvalue weighted by molar-refractivity contribution is 0.0174. The number of benzene rings is 2. The van der Waals surface area contributed by atoms with Crippen molar-refractivity contribution in [3.8, 4) is 5.19 Å². The van der Waals surface area contributed by atoms with Gasteiger partial charge in [0.15, 0.2) is 0 Å². The molecule has 2 aromatic carbocycles. The lowest BCUT2D eigenvalue weighted by Crippen LogP contribution is -2.56. The summed E-state index contributed by atoms with van der Waals surface area (Å²) < 4.78 is 20.7. The molecule has 1 aliphatic heterocycles. The van der Waals surface area contributed by atoms with Crippen LogP contribution < -0.4 is 4.74 Å². The predicted octanol–water partition coefficient (Wildman–Crippen LogP) is 3.99. The highest BCUT2D eigenvalue weighted by Crippen LogP contribution is 2.30. The van der Waals surface area contributed by atoms with Gasteiger partial charge in [-0.05, 0) is 24.3 Å². The van der Waals surface area contributed by atoms with E-state index in [1.54, 1.807) is 0 Å². The van der Waals surface area contributed by atoms with Crippen molar-refractivity contribution < 1.29 is 13.9 Å². The number of hydrogen-bond acceptors (Lipinski definition) is 4. The highest BCUT2D eigenvalue weighted by atomic mass is 35.5. The zero-order chi connectivity index (χ0) is 16.7. The Bertz CT molecular complexity index is 871. The number of carbonyl (C=O) groups is 1. The van der Waals surface area contributed by atoms with Crippen LogP contribution in [-0.4, -0.2) is 35.0 Å². The fourth-order valence-electron chi connectivity index (χ4n) is 2.58. The van der Waals surface area contributed by atoms with E-state index in [-0.39, 0.29) is 16.7 Å². The average molecular weight is 363 g/mol. The SMILES string of the molecule is O=C(c1c(F)cccc1Cl)N1CC(Oc2nc3ccccc3s2)C1. The van der Waals surface area contributed by atoms with Crippen molar-refractivity contribution in [2.24, 2.45) is 0 Å². The number of aromatic nitrogens is 1. The second kappa shape index (κ2) is 6.03. The van der Waals surface area contributed by atoms with Crippen LogP contribution in [0.25, 0.3) is 10.2 Å². The number of ether oxygens (including phenoxy) is 1. The van der Waals surface area contributed by atoms with Crippen LogP contribution in [0, 0.1) is 5.82 Å². The molecule has 0 bridgehead atoms. The quantitative estimate of drug-likeness (QED) is 0.707. The van der Waals surface area contributed by atoms with Gasteiger partial charge in [-0.15, -0.1) is 0 Å².